The van der Waals surface area contributed by atoms with Crippen LogP contribution in [0.4, 0.5) is 5.82 Å². The number of nitrogens with zero attached hydrogens (tertiary/aromatic N) is 2. The Balaban J connectivity index is 2.33. The molecule has 0 amide bonds. The number of fused-ring (bicyclic) bond motifs is 1. The van der Waals surface area contributed by atoms with Gasteiger partial charge in [0.2, 0.25) is 0 Å². The van der Waals surface area contributed by atoms with Crippen LogP contribution in [0.2, 0.25) is 0 Å². The van der Waals surface area contributed by atoms with Crippen LogP contribution in [-0.2, 0) is 0 Å². The van der Waals surface area contributed by atoms with E-state index in [1.165, 1.54) is 0 Å². The first-order valence-corrected chi connectivity index (χ1v) is 7.67. The van der Waals surface area contributed by atoms with Crippen molar-refractivity contribution in [3.05, 3.63) is 38.2 Å². The number of aromatic nitrogens is 2. The second-order valence-electron chi connectivity index (χ2n) is 3.91. The van der Waals surface area contributed by atoms with Crippen molar-refractivity contribution in [3.63, 3.8) is 0 Å². The lowest BCUT2D eigenvalue weighted by Gasteiger charge is -2.03. The molecule has 0 atom stereocenters. The molecular weight excluding hydrogens is 378 g/mol. The fraction of sp³-hybridized carbons (Fsp3) is 0.0833. The van der Waals surface area contributed by atoms with E-state index >= 15 is 0 Å². The van der Waals surface area contributed by atoms with Crippen LogP contribution in [0.15, 0.2) is 32.5 Å². The molecular formula is C12H9Br2N3S. The number of aryl methyl sites for hydroxylation is 1. The number of hydrogen-bond acceptors (Lipinski definition) is 3. The lowest BCUT2D eigenvalue weighted by Crippen LogP contribution is -1.98. The Bertz CT molecular complexity index is 745. The summed E-state index contributed by atoms with van der Waals surface area (Å²) in [4.78, 5) is 5.67. The summed E-state index contributed by atoms with van der Waals surface area (Å²) < 4.78 is 4.07. The molecule has 2 N–H and O–H groups in total. The fourth-order valence-corrected chi connectivity index (χ4v) is 3.61. The summed E-state index contributed by atoms with van der Waals surface area (Å²) in [5.41, 5.74) is 8.98. The Morgan fingerprint density at radius 2 is 2.00 bits per heavy atom. The maximum absolute atomic E-state index is 6.22. The van der Waals surface area contributed by atoms with Gasteiger partial charge in [-0.2, -0.15) is 0 Å². The Morgan fingerprint density at radius 3 is 2.67 bits per heavy atom. The summed E-state index contributed by atoms with van der Waals surface area (Å²) in [5, 5.41) is 0. The number of rotatable bonds is 1. The Hall–Kier alpha value is -0.850. The fourth-order valence-electron chi connectivity index (χ4n) is 1.91. The largest absolute Gasteiger partial charge is 0.383 e. The highest BCUT2D eigenvalue weighted by Crippen LogP contribution is 2.35. The normalized spacial score (nSPS) is 11.3. The smallest absolute Gasteiger partial charge is 0.139 e. The molecule has 3 nitrogen and oxygen atoms in total. The highest BCUT2D eigenvalue weighted by Gasteiger charge is 2.15. The van der Waals surface area contributed by atoms with Crippen molar-refractivity contribution in [2.24, 2.45) is 0 Å². The van der Waals surface area contributed by atoms with Gasteiger partial charge in [-0.1, -0.05) is 0 Å². The first-order valence-electron chi connectivity index (χ1n) is 5.26. The number of pyridine rings is 1. The minimum Gasteiger partial charge on any atom is -0.383 e. The lowest BCUT2D eigenvalue weighted by molar-refractivity contribution is 1.09. The molecule has 3 aromatic heterocycles. The highest BCUT2D eigenvalue weighted by atomic mass is 79.9. The summed E-state index contributed by atoms with van der Waals surface area (Å²) in [6.07, 6.45) is 0. The SMILES string of the molecule is Cc1c(Br)ccc2nc(-c3ccc(Br)s3)c(N)n12. The standard InChI is InChI=1S/C12H9Br2N3S/c1-6-7(13)2-5-10-16-11(12(15)17(6)10)8-3-4-9(14)18-8/h2-5H,15H2,1H3. The van der Waals surface area contributed by atoms with Gasteiger partial charge in [-0.05, 0) is 63.0 Å². The molecule has 0 radical (unpaired) electrons. The predicted octanol–water partition coefficient (Wildman–Crippen LogP) is 4.48. The van der Waals surface area contributed by atoms with Gasteiger partial charge in [-0.15, -0.1) is 11.3 Å². The van der Waals surface area contributed by atoms with Crippen LogP contribution in [0.5, 0.6) is 0 Å². The summed E-state index contributed by atoms with van der Waals surface area (Å²) in [6, 6.07) is 7.98. The van der Waals surface area contributed by atoms with E-state index in [0.717, 1.165) is 30.2 Å². The maximum Gasteiger partial charge on any atom is 0.139 e. The molecule has 0 unspecified atom stereocenters. The molecule has 6 heteroatoms. The van der Waals surface area contributed by atoms with Crippen molar-refractivity contribution in [3.8, 4) is 10.6 Å². The van der Waals surface area contributed by atoms with Crippen LogP contribution >= 0.6 is 43.2 Å². The van der Waals surface area contributed by atoms with E-state index in [9.17, 15) is 0 Å². The van der Waals surface area contributed by atoms with E-state index in [4.69, 9.17) is 5.73 Å². The molecule has 0 aliphatic heterocycles. The monoisotopic (exact) mass is 385 g/mol. The molecule has 3 rings (SSSR count). The van der Waals surface area contributed by atoms with Gasteiger partial charge in [0.1, 0.15) is 17.2 Å². The second-order valence-corrected chi connectivity index (χ2v) is 7.23. The molecule has 3 aromatic rings. The number of halogens is 2. The number of nitrogen functional groups attached to an aromatic ring is 1. The number of nitrogens with two attached hydrogens (primary N) is 1. The third-order valence-corrected chi connectivity index (χ3v) is 5.27. The number of imidazole rings is 1. The minimum atomic E-state index is 0.679. The summed E-state index contributed by atoms with van der Waals surface area (Å²) in [6.45, 7) is 2.02. The quantitative estimate of drug-likeness (QED) is 0.670. The van der Waals surface area contributed by atoms with Crippen molar-refractivity contribution in [2.45, 2.75) is 6.92 Å². The van der Waals surface area contributed by atoms with Crippen LogP contribution in [0, 0.1) is 6.92 Å². The molecule has 0 aromatic carbocycles. The van der Waals surface area contributed by atoms with Crippen LogP contribution < -0.4 is 5.73 Å². The van der Waals surface area contributed by atoms with E-state index in [2.05, 4.69) is 36.8 Å². The minimum absolute atomic E-state index is 0.679. The molecule has 3 heterocycles. The van der Waals surface area contributed by atoms with Gasteiger partial charge in [0.15, 0.2) is 0 Å². The van der Waals surface area contributed by atoms with Gasteiger partial charge in [0, 0.05) is 10.2 Å². The summed E-state index contributed by atoms with van der Waals surface area (Å²) >= 11 is 8.60. The van der Waals surface area contributed by atoms with Gasteiger partial charge >= 0.3 is 0 Å². The van der Waals surface area contributed by atoms with Crippen LogP contribution in [0.1, 0.15) is 5.69 Å². The van der Waals surface area contributed by atoms with Crippen molar-refractivity contribution in [1.82, 2.24) is 9.38 Å². The average molecular weight is 387 g/mol. The zero-order valence-corrected chi connectivity index (χ0v) is 13.4. The van der Waals surface area contributed by atoms with Gasteiger partial charge in [0.25, 0.3) is 0 Å². The molecule has 0 spiro atoms. The van der Waals surface area contributed by atoms with Crippen LogP contribution in [0.3, 0.4) is 0 Å². The van der Waals surface area contributed by atoms with E-state index in [1.807, 2.05) is 35.6 Å². The Labute approximate surface area is 125 Å². The van der Waals surface area contributed by atoms with Gasteiger partial charge in [-0.3, -0.25) is 4.40 Å². The zero-order valence-electron chi connectivity index (χ0n) is 9.45. The maximum atomic E-state index is 6.22. The van der Waals surface area contributed by atoms with E-state index in [1.54, 1.807) is 11.3 Å². The second kappa shape index (κ2) is 4.36. The van der Waals surface area contributed by atoms with Gasteiger partial charge in [-0.25, -0.2) is 4.98 Å². The van der Waals surface area contributed by atoms with Crippen LogP contribution in [0.25, 0.3) is 16.2 Å². The molecule has 92 valence electrons. The first-order chi connectivity index (χ1) is 8.58. The molecule has 0 aliphatic rings. The average Bonchev–Trinajstić information content (AvgIpc) is 2.89. The van der Waals surface area contributed by atoms with E-state index in [-0.39, 0.29) is 0 Å². The first kappa shape index (κ1) is 12.2. The summed E-state index contributed by atoms with van der Waals surface area (Å²) in [7, 11) is 0. The molecule has 0 saturated heterocycles. The third kappa shape index (κ3) is 1.79. The van der Waals surface area contributed by atoms with Crippen LogP contribution in [-0.4, -0.2) is 9.38 Å². The molecule has 0 fully saturated rings. The van der Waals surface area contributed by atoms with Crippen molar-refractivity contribution < 1.29 is 0 Å². The van der Waals surface area contributed by atoms with Gasteiger partial charge < -0.3 is 5.73 Å². The number of thiophene rings is 1. The molecule has 0 saturated carbocycles. The summed E-state index contributed by atoms with van der Waals surface area (Å²) in [5.74, 6) is 0.679. The van der Waals surface area contributed by atoms with E-state index in [0.29, 0.717) is 5.82 Å². The van der Waals surface area contributed by atoms with Crippen molar-refractivity contribution >= 4 is 54.7 Å². The van der Waals surface area contributed by atoms with E-state index < -0.39 is 0 Å². The Kier molecular flexibility index (Phi) is 2.96. The Morgan fingerprint density at radius 1 is 1.22 bits per heavy atom. The lowest BCUT2D eigenvalue weighted by atomic mass is 10.3. The third-order valence-electron chi connectivity index (χ3n) is 2.81. The van der Waals surface area contributed by atoms with Crippen molar-refractivity contribution in [2.75, 3.05) is 5.73 Å². The number of hydrogen-bond donors (Lipinski definition) is 1. The topological polar surface area (TPSA) is 43.3 Å². The predicted molar refractivity (Wildman–Crippen MR) is 83.1 cm³/mol. The van der Waals surface area contributed by atoms with Crippen molar-refractivity contribution in [1.29, 1.82) is 0 Å². The molecule has 18 heavy (non-hydrogen) atoms. The number of anilines is 1. The molecule has 0 aliphatic carbocycles. The molecule has 0 bridgehead atoms. The highest BCUT2D eigenvalue weighted by molar-refractivity contribution is 9.11. The zero-order chi connectivity index (χ0) is 12.9. The van der Waals surface area contributed by atoms with Gasteiger partial charge in [0.05, 0.1) is 8.66 Å².